The van der Waals surface area contributed by atoms with Gasteiger partial charge in [-0.25, -0.2) is 9.78 Å². The molecule has 1 N–H and O–H groups in total. The molecule has 5 heteroatoms. The number of aliphatic hydroxyl groups is 1. The van der Waals surface area contributed by atoms with Crippen LogP contribution < -0.4 is 0 Å². The van der Waals surface area contributed by atoms with Crippen molar-refractivity contribution in [3.8, 4) is 0 Å². The van der Waals surface area contributed by atoms with Gasteiger partial charge in [0.1, 0.15) is 11.7 Å². The van der Waals surface area contributed by atoms with Crippen molar-refractivity contribution in [1.29, 1.82) is 0 Å². The predicted molar refractivity (Wildman–Crippen MR) is 119 cm³/mol. The summed E-state index contributed by atoms with van der Waals surface area (Å²) < 4.78 is 4.80. The Balaban J connectivity index is 1.81. The predicted octanol–water partition coefficient (Wildman–Crippen LogP) is 5.67. The lowest BCUT2D eigenvalue weighted by molar-refractivity contribution is -0.411. The van der Waals surface area contributed by atoms with Crippen LogP contribution in [0.25, 0.3) is 0 Å². The molecule has 0 aromatic carbocycles. The maximum atomic E-state index is 11.7. The van der Waals surface area contributed by atoms with E-state index in [1.807, 2.05) is 6.92 Å². The van der Waals surface area contributed by atoms with E-state index in [1.54, 1.807) is 0 Å². The van der Waals surface area contributed by atoms with Gasteiger partial charge < -0.3 is 9.84 Å². The van der Waals surface area contributed by atoms with E-state index in [1.165, 1.54) is 12.7 Å². The Morgan fingerprint density at radius 1 is 1.33 bits per heavy atom. The Morgan fingerprint density at radius 2 is 2.03 bits per heavy atom. The van der Waals surface area contributed by atoms with Crippen molar-refractivity contribution in [1.82, 2.24) is 0 Å². The topological polar surface area (TPSA) is 65.0 Å². The maximum absolute atomic E-state index is 11.7. The number of allylic oxidation sites excluding steroid dienone is 2. The zero-order valence-electron chi connectivity index (χ0n) is 19.9. The summed E-state index contributed by atoms with van der Waals surface area (Å²) in [6.45, 7) is 14.5. The largest absolute Gasteiger partial charge is 0.469 e. The summed E-state index contributed by atoms with van der Waals surface area (Å²) in [7, 11) is 1.39. The normalized spacial score (nSPS) is 33.2. The number of methoxy groups -OCH3 is 1. The highest BCUT2D eigenvalue weighted by Gasteiger charge is 2.47. The number of esters is 1. The molecule has 5 nitrogen and oxygen atoms in total. The molecule has 1 saturated heterocycles. The number of ether oxygens (including phenoxy) is 1. The van der Waals surface area contributed by atoms with Gasteiger partial charge in [0.25, 0.3) is 0 Å². The molecule has 2 rings (SSSR count). The molecule has 0 unspecified atom stereocenters. The molecule has 4 atom stereocenters. The van der Waals surface area contributed by atoms with Crippen LogP contribution >= 0.6 is 0 Å². The van der Waals surface area contributed by atoms with E-state index in [4.69, 9.17) is 14.5 Å². The van der Waals surface area contributed by atoms with Crippen LogP contribution in [-0.2, 0) is 19.3 Å². The van der Waals surface area contributed by atoms with Crippen LogP contribution in [0.2, 0.25) is 0 Å². The fraction of sp³-hybridized carbons (Fsp3) is 0.800. The van der Waals surface area contributed by atoms with Crippen molar-refractivity contribution in [2.24, 2.45) is 11.3 Å². The van der Waals surface area contributed by atoms with E-state index in [9.17, 15) is 9.90 Å². The van der Waals surface area contributed by atoms with Gasteiger partial charge in [-0.1, -0.05) is 32.1 Å². The molecular formula is C25H42O5. The van der Waals surface area contributed by atoms with Crippen LogP contribution in [0.15, 0.2) is 23.8 Å². The van der Waals surface area contributed by atoms with Crippen molar-refractivity contribution in [3.05, 3.63) is 23.8 Å². The van der Waals surface area contributed by atoms with Crippen LogP contribution in [0, 0.1) is 11.3 Å². The fourth-order valence-corrected chi connectivity index (χ4v) is 4.81. The van der Waals surface area contributed by atoms with E-state index in [-0.39, 0.29) is 29.0 Å². The molecule has 1 aliphatic heterocycles. The first-order valence-corrected chi connectivity index (χ1v) is 11.4. The van der Waals surface area contributed by atoms with Gasteiger partial charge in [-0.2, -0.15) is 0 Å². The lowest BCUT2D eigenvalue weighted by Gasteiger charge is -2.48. The Hall–Kier alpha value is -1.17. The quantitative estimate of drug-likeness (QED) is 0.310. The van der Waals surface area contributed by atoms with Gasteiger partial charge in [0, 0.05) is 0 Å². The molecule has 0 aromatic rings. The van der Waals surface area contributed by atoms with Crippen LogP contribution in [0.4, 0.5) is 0 Å². The number of carbonyl (C=O) groups is 1. The first-order chi connectivity index (χ1) is 13.9. The Kier molecular flexibility index (Phi) is 8.34. The summed E-state index contributed by atoms with van der Waals surface area (Å²) in [6.07, 6.45) is 10.0. The third-order valence-corrected chi connectivity index (χ3v) is 7.49. The molecule has 2 fully saturated rings. The number of hydrogen-bond acceptors (Lipinski definition) is 5. The van der Waals surface area contributed by atoms with Crippen molar-refractivity contribution in [3.63, 3.8) is 0 Å². The fourth-order valence-electron chi connectivity index (χ4n) is 4.81. The van der Waals surface area contributed by atoms with Gasteiger partial charge in [0.05, 0.1) is 18.6 Å². The average molecular weight is 423 g/mol. The minimum absolute atomic E-state index is 0.124. The number of hydrogen-bond donors (Lipinski definition) is 1. The maximum Gasteiger partial charge on any atom is 0.311 e. The van der Waals surface area contributed by atoms with Crippen LogP contribution in [-0.4, -0.2) is 35.5 Å². The highest BCUT2D eigenvalue weighted by atomic mass is 17.2. The summed E-state index contributed by atoms with van der Waals surface area (Å²) in [6, 6.07) is 0. The number of carbonyl (C=O) groups excluding carboxylic acids is 1. The van der Waals surface area contributed by atoms with Gasteiger partial charge in [-0.15, -0.1) is 0 Å². The van der Waals surface area contributed by atoms with E-state index in [0.717, 1.165) is 63.4 Å². The first-order valence-electron chi connectivity index (χ1n) is 11.4. The first kappa shape index (κ1) is 25.1. The van der Waals surface area contributed by atoms with Crippen LogP contribution in [0.5, 0.6) is 0 Å². The molecule has 0 aromatic heterocycles. The van der Waals surface area contributed by atoms with Crippen molar-refractivity contribution in [2.75, 3.05) is 7.11 Å². The molecule has 1 saturated carbocycles. The van der Waals surface area contributed by atoms with Crippen LogP contribution in [0.1, 0.15) is 92.4 Å². The van der Waals surface area contributed by atoms with Crippen molar-refractivity contribution < 1.29 is 24.4 Å². The minimum Gasteiger partial charge on any atom is -0.469 e. The molecule has 0 bridgehead atoms. The van der Waals surface area contributed by atoms with Gasteiger partial charge in [0.2, 0.25) is 0 Å². The zero-order valence-corrected chi connectivity index (χ0v) is 19.9. The monoisotopic (exact) mass is 422 g/mol. The smallest absolute Gasteiger partial charge is 0.311 e. The minimum atomic E-state index is -0.780. The lowest BCUT2D eigenvalue weighted by Crippen LogP contribution is -2.48. The summed E-state index contributed by atoms with van der Waals surface area (Å²) in [5, 5.41) is 11.3. The highest BCUT2D eigenvalue weighted by molar-refractivity contribution is 5.72. The summed E-state index contributed by atoms with van der Waals surface area (Å²) in [5.74, 6) is -0.595. The summed E-state index contributed by atoms with van der Waals surface area (Å²) >= 11 is 0. The van der Waals surface area contributed by atoms with E-state index >= 15 is 0 Å². The second-order valence-electron chi connectivity index (χ2n) is 10.3. The second-order valence-corrected chi connectivity index (χ2v) is 10.3. The van der Waals surface area contributed by atoms with Crippen molar-refractivity contribution in [2.45, 2.75) is 110 Å². The third-order valence-electron chi connectivity index (χ3n) is 7.49. The molecule has 2 aliphatic rings. The van der Waals surface area contributed by atoms with Gasteiger partial charge in [-0.05, 0) is 89.5 Å². The second kappa shape index (κ2) is 9.97. The zero-order chi connectivity index (χ0) is 22.6. The lowest BCUT2D eigenvalue weighted by atomic mass is 9.61. The van der Waals surface area contributed by atoms with Gasteiger partial charge in [-0.3, -0.25) is 4.79 Å². The van der Waals surface area contributed by atoms with E-state index in [2.05, 4.69) is 40.3 Å². The van der Waals surface area contributed by atoms with E-state index in [0.29, 0.717) is 0 Å². The standard InChI is InChI=1S/C25H42O5/c1-18(12-17-25(27)19(2)11-9-14-23(25,4)5)10-8-15-24(6)16-13-21(29-30-24)20(3)22(26)28-7/h10,20-21,27H,2,8-9,11-17H2,1,3-7H3/b18-10+/t20-,21+,24+,25+/m1/s1. The van der Waals surface area contributed by atoms with Crippen molar-refractivity contribution >= 4 is 5.97 Å². The van der Waals surface area contributed by atoms with E-state index < -0.39 is 5.60 Å². The molecule has 1 aliphatic carbocycles. The van der Waals surface area contributed by atoms with Gasteiger partial charge in [0.15, 0.2) is 0 Å². The molecule has 0 amide bonds. The molecule has 30 heavy (non-hydrogen) atoms. The van der Waals surface area contributed by atoms with Crippen LogP contribution in [0.3, 0.4) is 0 Å². The molecule has 1 heterocycles. The molecular weight excluding hydrogens is 380 g/mol. The third kappa shape index (κ3) is 5.74. The molecule has 0 spiro atoms. The number of rotatable bonds is 8. The molecule has 0 radical (unpaired) electrons. The Bertz CT molecular complexity index is 642. The summed E-state index contributed by atoms with van der Waals surface area (Å²) in [5.41, 5.74) is 1.03. The Labute approximate surface area is 182 Å². The average Bonchev–Trinajstić information content (AvgIpc) is 2.70. The van der Waals surface area contributed by atoms with Gasteiger partial charge >= 0.3 is 5.97 Å². The SMILES string of the molecule is C=C1CCCC(C)(C)[C@]1(O)CC/C(C)=C/CC[C@@]1(C)CC[C@@H]([C@@H](C)C(=O)OC)OO1. The summed E-state index contributed by atoms with van der Waals surface area (Å²) in [4.78, 5) is 22.9. The molecule has 172 valence electrons. The highest BCUT2D eigenvalue weighted by Crippen LogP contribution is 2.49. The Morgan fingerprint density at radius 3 is 2.60 bits per heavy atom.